The smallest absolute Gasteiger partial charge is 0.348 e. The summed E-state index contributed by atoms with van der Waals surface area (Å²) in [5, 5.41) is 5.42. The predicted octanol–water partition coefficient (Wildman–Crippen LogP) is -0.629. The number of nitrogens with zero attached hydrogens (tertiary/aromatic N) is 1. The van der Waals surface area contributed by atoms with Gasteiger partial charge in [0.25, 0.3) is 5.91 Å². The highest BCUT2D eigenvalue weighted by Gasteiger charge is 2.19. The zero-order valence-corrected chi connectivity index (χ0v) is 5.96. The molecule has 0 aromatic rings. The minimum atomic E-state index is -0.630. The third kappa shape index (κ3) is 1.78. The Labute approximate surface area is 63.4 Å². The first kappa shape index (κ1) is 7.74. The molecule has 3 amide bonds. The molecular weight excluding hydrogens is 148 g/mol. The highest BCUT2D eigenvalue weighted by molar-refractivity contribution is 6.06. The molecule has 0 spiro atoms. The largest absolute Gasteiger partial charge is 0.380 e. The van der Waals surface area contributed by atoms with Gasteiger partial charge in [-0.2, -0.15) is 5.32 Å². The molecule has 1 heterocycles. The monoisotopic (exact) mass is 155 g/mol. The second-order valence-corrected chi connectivity index (χ2v) is 1.97. The maximum atomic E-state index is 10.8. The van der Waals surface area contributed by atoms with E-state index in [1.54, 1.807) is 0 Å². The number of nitrogens with one attached hydrogen (secondary N) is 1. The molecule has 1 radical (unpaired) electrons. The summed E-state index contributed by atoms with van der Waals surface area (Å²) in [5.74, 6) is -0.532. The lowest BCUT2D eigenvalue weighted by Crippen LogP contribution is -2.38. The number of rotatable bonds is 2. The number of methoxy groups -OCH3 is 1. The molecule has 0 bridgehead atoms. The van der Waals surface area contributed by atoms with Crippen molar-refractivity contribution >= 4 is 11.9 Å². The molecular formula is C6H7N2O3. The second-order valence-electron chi connectivity index (χ2n) is 1.97. The van der Waals surface area contributed by atoms with Crippen LogP contribution in [0.2, 0.25) is 0 Å². The third-order valence-corrected chi connectivity index (χ3v) is 1.15. The Bertz CT molecular complexity index is 222. The molecule has 1 rings (SSSR count). The van der Waals surface area contributed by atoms with E-state index in [4.69, 9.17) is 0 Å². The molecule has 11 heavy (non-hydrogen) atoms. The van der Waals surface area contributed by atoms with Gasteiger partial charge in [-0.15, -0.1) is 0 Å². The fourth-order valence-electron chi connectivity index (χ4n) is 0.666. The van der Waals surface area contributed by atoms with E-state index in [2.05, 4.69) is 15.4 Å². The van der Waals surface area contributed by atoms with E-state index in [1.165, 1.54) is 13.3 Å². The Morgan fingerprint density at radius 1 is 1.64 bits per heavy atom. The van der Waals surface area contributed by atoms with Crippen LogP contribution in [0.25, 0.3) is 0 Å². The van der Waals surface area contributed by atoms with Crippen molar-refractivity contribution < 1.29 is 14.3 Å². The van der Waals surface area contributed by atoms with Gasteiger partial charge in [-0.1, -0.05) is 0 Å². The Hall–Kier alpha value is -1.36. The summed E-state index contributed by atoms with van der Waals surface area (Å²) in [6.45, 7) is 0.169. The fourth-order valence-corrected chi connectivity index (χ4v) is 0.666. The van der Waals surface area contributed by atoms with Crippen LogP contribution >= 0.6 is 0 Å². The first-order valence-corrected chi connectivity index (χ1v) is 2.98. The summed E-state index contributed by atoms with van der Waals surface area (Å²) >= 11 is 0. The number of hydrogen-bond acceptors (Lipinski definition) is 3. The van der Waals surface area contributed by atoms with Crippen molar-refractivity contribution in [2.24, 2.45) is 0 Å². The van der Waals surface area contributed by atoms with Gasteiger partial charge in [-0.3, -0.25) is 4.79 Å². The molecule has 1 N–H and O–H groups in total. The molecule has 0 aromatic heterocycles. The van der Waals surface area contributed by atoms with Crippen LogP contribution in [0.15, 0.2) is 11.8 Å². The van der Waals surface area contributed by atoms with Gasteiger partial charge < -0.3 is 10.1 Å². The maximum absolute atomic E-state index is 10.8. The number of carbonyl (C=O) groups is 2. The van der Waals surface area contributed by atoms with Crippen molar-refractivity contribution in [1.29, 1.82) is 0 Å². The lowest BCUT2D eigenvalue weighted by molar-refractivity contribution is -0.117. The van der Waals surface area contributed by atoms with Gasteiger partial charge >= 0.3 is 6.03 Å². The van der Waals surface area contributed by atoms with Gasteiger partial charge in [0.2, 0.25) is 0 Å². The Kier molecular flexibility index (Phi) is 2.22. The zero-order chi connectivity index (χ0) is 8.27. The van der Waals surface area contributed by atoms with Gasteiger partial charge in [0, 0.05) is 13.3 Å². The first-order valence-electron chi connectivity index (χ1n) is 2.98. The average Bonchev–Trinajstić information content (AvgIpc) is 1.95. The molecule has 5 nitrogen and oxygen atoms in total. The van der Waals surface area contributed by atoms with Crippen molar-refractivity contribution in [3.8, 4) is 0 Å². The number of imide groups is 1. The summed E-state index contributed by atoms with van der Waals surface area (Å²) in [6, 6.07) is -0.630. The van der Waals surface area contributed by atoms with Crippen molar-refractivity contribution in [2.45, 2.75) is 0 Å². The SMILES string of the molecule is COCC1=CNC(=O)[N]C1=O. The Morgan fingerprint density at radius 3 is 2.91 bits per heavy atom. The van der Waals surface area contributed by atoms with Crippen molar-refractivity contribution in [3.63, 3.8) is 0 Å². The molecule has 1 aliphatic rings. The summed E-state index contributed by atoms with van der Waals surface area (Å²) in [4.78, 5) is 21.3. The van der Waals surface area contributed by atoms with Crippen molar-refractivity contribution in [2.75, 3.05) is 13.7 Å². The summed E-state index contributed by atoms with van der Waals surface area (Å²) in [5.41, 5.74) is 0.354. The minimum Gasteiger partial charge on any atom is -0.380 e. The van der Waals surface area contributed by atoms with E-state index in [-0.39, 0.29) is 6.61 Å². The highest BCUT2D eigenvalue weighted by atomic mass is 16.5. The Balaban J connectivity index is 2.64. The van der Waals surface area contributed by atoms with Crippen molar-refractivity contribution in [1.82, 2.24) is 10.6 Å². The van der Waals surface area contributed by atoms with E-state index < -0.39 is 11.9 Å². The van der Waals surface area contributed by atoms with E-state index in [1.807, 2.05) is 0 Å². The van der Waals surface area contributed by atoms with Crippen molar-refractivity contribution in [3.05, 3.63) is 11.8 Å². The lowest BCUT2D eigenvalue weighted by atomic mass is 10.2. The van der Waals surface area contributed by atoms with Gasteiger partial charge in [0.15, 0.2) is 0 Å². The lowest BCUT2D eigenvalue weighted by Gasteiger charge is -2.09. The van der Waals surface area contributed by atoms with E-state index in [9.17, 15) is 9.59 Å². The van der Waals surface area contributed by atoms with E-state index in [0.717, 1.165) is 0 Å². The minimum absolute atomic E-state index is 0.169. The number of carbonyl (C=O) groups excluding carboxylic acids is 2. The third-order valence-electron chi connectivity index (χ3n) is 1.15. The van der Waals surface area contributed by atoms with Crippen LogP contribution in [-0.2, 0) is 9.53 Å². The normalized spacial score (nSPS) is 17.0. The van der Waals surface area contributed by atoms with Gasteiger partial charge in [-0.05, 0) is 0 Å². The average molecular weight is 155 g/mol. The van der Waals surface area contributed by atoms with Crippen LogP contribution in [0.3, 0.4) is 0 Å². The molecule has 0 fully saturated rings. The predicted molar refractivity (Wildman–Crippen MR) is 35.6 cm³/mol. The highest BCUT2D eigenvalue weighted by Crippen LogP contribution is 1.98. The van der Waals surface area contributed by atoms with Crippen LogP contribution in [0.4, 0.5) is 4.79 Å². The van der Waals surface area contributed by atoms with Gasteiger partial charge in [0.1, 0.15) is 0 Å². The zero-order valence-electron chi connectivity index (χ0n) is 5.96. The van der Waals surface area contributed by atoms with E-state index in [0.29, 0.717) is 5.57 Å². The van der Waals surface area contributed by atoms with Crippen LogP contribution in [-0.4, -0.2) is 25.7 Å². The topological polar surface area (TPSA) is 69.5 Å². The van der Waals surface area contributed by atoms with Gasteiger partial charge in [-0.25, -0.2) is 4.79 Å². The molecule has 1 aliphatic heterocycles. The molecule has 0 aromatic carbocycles. The van der Waals surface area contributed by atoms with Crippen LogP contribution in [0.5, 0.6) is 0 Å². The molecule has 0 saturated carbocycles. The Morgan fingerprint density at radius 2 is 2.36 bits per heavy atom. The number of amides is 3. The molecule has 59 valence electrons. The quantitative estimate of drug-likeness (QED) is 0.577. The number of hydrogen-bond donors (Lipinski definition) is 1. The number of urea groups is 1. The standard InChI is InChI=1S/C6H7N2O3/c1-11-3-4-2-7-6(10)8-5(4)9/h2H,3H2,1H3,(H,7,10). The van der Waals surface area contributed by atoms with Crippen LogP contribution in [0, 0.1) is 0 Å². The molecule has 0 aliphatic carbocycles. The van der Waals surface area contributed by atoms with E-state index >= 15 is 0 Å². The fraction of sp³-hybridized carbons (Fsp3) is 0.333. The van der Waals surface area contributed by atoms with Gasteiger partial charge in [0.05, 0.1) is 12.2 Å². The van der Waals surface area contributed by atoms with Crippen LogP contribution in [0.1, 0.15) is 0 Å². The summed E-state index contributed by atoms with van der Waals surface area (Å²) < 4.78 is 4.69. The maximum Gasteiger partial charge on any atom is 0.348 e. The molecule has 0 saturated heterocycles. The molecule has 0 unspecified atom stereocenters. The second kappa shape index (κ2) is 3.16. The summed E-state index contributed by atoms with van der Waals surface area (Å²) in [6.07, 6.45) is 1.31. The van der Waals surface area contributed by atoms with Crippen LogP contribution < -0.4 is 10.6 Å². The number of ether oxygens (including phenoxy) is 1. The first-order chi connectivity index (χ1) is 5.24. The molecule has 0 atom stereocenters. The summed E-state index contributed by atoms with van der Waals surface area (Å²) in [7, 11) is 1.46. The molecule has 5 heteroatoms.